The fraction of sp³-hybridized carbons (Fsp3) is 0.500. The molecule has 92 valence electrons. The van der Waals surface area contributed by atoms with Crippen LogP contribution in [-0.4, -0.2) is 41.5 Å². The second-order valence-corrected chi connectivity index (χ2v) is 5.62. The molecule has 0 radical (unpaired) electrons. The van der Waals surface area contributed by atoms with Crippen molar-refractivity contribution in [1.82, 2.24) is 9.88 Å². The highest BCUT2D eigenvalue weighted by Crippen LogP contribution is 2.33. The van der Waals surface area contributed by atoms with Gasteiger partial charge in [0.15, 0.2) is 0 Å². The molecular formula is C12H16BrN3O. The van der Waals surface area contributed by atoms with Crippen molar-refractivity contribution in [3.05, 3.63) is 22.9 Å². The van der Waals surface area contributed by atoms with Crippen LogP contribution in [0.15, 0.2) is 22.9 Å². The highest BCUT2D eigenvalue weighted by atomic mass is 79.9. The number of halogens is 1. The lowest BCUT2D eigenvalue weighted by Crippen LogP contribution is -2.62. The summed E-state index contributed by atoms with van der Waals surface area (Å²) in [6.07, 6.45) is 3.51. The summed E-state index contributed by atoms with van der Waals surface area (Å²) >= 11 is 3.49. The Kier molecular flexibility index (Phi) is 3.12. The third kappa shape index (κ3) is 2.04. The Morgan fingerprint density at radius 2 is 2.12 bits per heavy atom. The number of hydrogen-bond donors (Lipinski definition) is 0. The Hall–Kier alpha value is -1.10. The van der Waals surface area contributed by atoms with Crippen LogP contribution < -0.4 is 4.90 Å². The van der Waals surface area contributed by atoms with Gasteiger partial charge in [-0.2, -0.15) is 0 Å². The molecule has 1 aliphatic heterocycles. The molecule has 1 aromatic rings. The number of anilines is 1. The molecule has 2 rings (SSSR count). The van der Waals surface area contributed by atoms with Crippen LogP contribution >= 0.6 is 15.9 Å². The first-order valence-corrected chi connectivity index (χ1v) is 6.36. The molecule has 1 aliphatic rings. The Morgan fingerprint density at radius 3 is 2.76 bits per heavy atom. The molecule has 0 N–H and O–H groups in total. The van der Waals surface area contributed by atoms with E-state index in [4.69, 9.17) is 0 Å². The maximum atomic E-state index is 12.2. The minimum atomic E-state index is -0.517. The molecule has 0 saturated carbocycles. The second kappa shape index (κ2) is 4.29. The normalized spacial score (nSPS) is 19.6. The average molecular weight is 298 g/mol. The number of hydrogen-bond acceptors (Lipinski definition) is 3. The molecule has 1 aromatic heterocycles. The summed E-state index contributed by atoms with van der Waals surface area (Å²) in [6, 6.07) is 1.93. The van der Waals surface area contributed by atoms with Crippen LogP contribution in [0.1, 0.15) is 13.8 Å². The van der Waals surface area contributed by atoms with Crippen LogP contribution in [0.2, 0.25) is 0 Å². The lowest BCUT2D eigenvalue weighted by atomic mass is 9.97. The standard InChI is InChI=1S/C12H16BrN3O/c1-12(2)11(17)15(3)6-7-16(12)10-4-5-14-8-9(10)13/h4-5,8H,6-7H2,1-3H3. The molecule has 2 heterocycles. The van der Waals surface area contributed by atoms with Gasteiger partial charge in [-0.15, -0.1) is 0 Å². The van der Waals surface area contributed by atoms with E-state index in [1.807, 2.05) is 27.0 Å². The van der Waals surface area contributed by atoms with Crippen LogP contribution in [-0.2, 0) is 4.79 Å². The molecule has 17 heavy (non-hydrogen) atoms. The van der Waals surface area contributed by atoms with Crippen LogP contribution in [0, 0.1) is 0 Å². The third-order valence-corrected chi connectivity index (χ3v) is 3.86. The van der Waals surface area contributed by atoms with Crippen molar-refractivity contribution in [2.24, 2.45) is 0 Å². The maximum absolute atomic E-state index is 12.2. The first-order valence-electron chi connectivity index (χ1n) is 5.57. The van der Waals surface area contributed by atoms with E-state index in [1.54, 1.807) is 17.3 Å². The van der Waals surface area contributed by atoms with Gasteiger partial charge in [-0.05, 0) is 35.8 Å². The van der Waals surface area contributed by atoms with Gasteiger partial charge in [-0.1, -0.05) is 0 Å². The lowest BCUT2D eigenvalue weighted by Gasteiger charge is -2.46. The van der Waals surface area contributed by atoms with Crippen molar-refractivity contribution in [1.29, 1.82) is 0 Å². The van der Waals surface area contributed by atoms with Crippen molar-refractivity contribution in [2.45, 2.75) is 19.4 Å². The van der Waals surface area contributed by atoms with Gasteiger partial charge in [0.2, 0.25) is 5.91 Å². The first-order chi connectivity index (χ1) is 7.94. The quantitative estimate of drug-likeness (QED) is 0.794. The van der Waals surface area contributed by atoms with E-state index in [0.717, 1.165) is 23.2 Å². The summed E-state index contributed by atoms with van der Waals surface area (Å²) in [5, 5.41) is 0. The molecule has 0 bridgehead atoms. The number of nitrogens with zero attached hydrogens (tertiary/aromatic N) is 3. The number of carbonyl (C=O) groups excluding carboxylic acids is 1. The largest absolute Gasteiger partial charge is 0.355 e. The number of amides is 1. The average Bonchev–Trinajstić information content (AvgIpc) is 2.28. The zero-order valence-electron chi connectivity index (χ0n) is 10.3. The number of likely N-dealkylation sites (N-methyl/N-ethyl adjacent to an activating group) is 1. The zero-order chi connectivity index (χ0) is 12.6. The minimum Gasteiger partial charge on any atom is -0.355 e. The van der Waals surface area contributed by atoms with Gasteiger partial charge in [0.1, 0.15) is 5.54 Å². The molecule has 1 fully saturated rings. The zero-order valence-corrected chi connectivity index (χ0v) is 11.9. The molecule has 5 heteroatoms. The van der Waals surface area contributed by atoms with Gasteiger partial charge >= 0.3 is 0 Å². The molecule has 1 amide bonds. The maximum Gasteiger partial charge on any atom is 0.247 e. The molecule has 1 saturated heterocycles. The number of piperazine rings is 1. The molecule has 0 spiro atoms. The molecule has 0 aromatic carbocycles. The molecule has 0 atom stereocenters. The van der Waals surface area contributed by atoms with Crippen molar-refractivity contribution in [3.8, 4) is 0 Å². The smallest absolute Gasteiger partial charge is 0.247 e. The van der Waals surface area contributed by atoms with Crippen LogP contribution in [0.5, 0.6) is 0 Å². The van der Waals surface area contributed by atoms with Gasteiger partial charge in [-0.3, -0.25) is 9.78 Å². The van der Waals surface area contributed by atoms with Gasteiger partial charge in [-0.25, -0.2) is 0 Å². The Balaban J connectivity index is 2.40. The van der Waals surface area contributed by atoms with Crippen molar-refractivity contribution >= 4 is 27.5 Å². The fourth-order valence-electron chi connectivity index (χ4n) is 2.22. The second-order valence-electron chi connectivity index (χ2n) is 4.76. The summed E-state index contributed by atoms with van der Waals surface area (Å²) in [5.74, 6) is 0.146. The summed E-state index contributed by atoms with van der Waals surface area (Å²) in [5.41, 5.74) is 0.503. The number of aromatic nitrogens is 1. The van der Waals surface area contributed by atoms with E-state index in [2.05, 4.69) is 25.8 Å². The molecular weight excluding hydrogens is 282 g/mol. The van der Waals surface area contributed by atoms with E-state index in [9.17, 15) is 4.79 Å². The van der Waals surface area contributed by atoms with Gasteiger partial charge < -0.3 is 9.80 Å². The first kappa shape index (κ1) is 12.4. The highest BCUT2D eigenvalue weighted by molar-refractivity contribution is 9.10. The lowest BCUT2D eigenvalue weighted by molar-refractivity contribution is -0.136. The van der Waals surface area contributed by atoms with Crippen molar-refractivity contribution in [3.63, 3.8) is 0 Å². The molecule has 0 aliphatic carbocycles. The van der Waals surface area contributed by atoms with E-state index >= 15 is 0 Å². The Bertz CT molecular complexity index is 447. The fourth-order valence-corrected chi connectivity index (χ4v) is 2.69. The van der Waals surface area contributed by atoms with Crippen molar-refractivity contribution < 1.29 is 4.79 Å². The van der Waals surface area contributed by atoms with Crippen molar-refractivity contribution in [2.75, 3.05) is 25.0 Å². The number of pyridine rings is 1. The van der Waals surface area contributed by atoms with Crippen LogP contribution in [0.3, 0.4) is 0 Å². The van der Waals surface area contributed by atoms with Gasteiger partial charge in [0.05, 0.1) is 10.2 Å². The number of rotatable bonds is 1. The highest BCUT2D eigenvalue weighted by Gasteiger charge is 2.41. The van der Waals surface area contributed by atoms with Crippen LogP contribution in [0.4, 0.5) is 5.69 Å². The predicted molar refractivity (Wildman–Crippen MR) is 71.0 cm³/mol. The number of carbonyl (C=O) groups is 1. The molecule has 0 unspecified atom stereocenters. The minimum absolute atomic E-state index is 0.146. The van der Waals surface area contributed by atoms with Crippen LogP contribution in [0.25, 0.3) is 0 Å². The van der Waals surface area contributed by atoms with E-state index in [-0.39, 0.29) is 5.91 Å². The summed E-state index contributed by atoms with van der Waals surface area (Å²) in [6.45, 7) is 5.49. The Labute approximate surface area is 110 Å². The third-order valence-electron chi connectivity index (χ3n) is 3.25. The van der Waals surface area contributed by atoms with E-state index < -0.39 is 5.54 Å². The van der Waals surface area contributed by atoms with Gasteiger partial charge in [0, 0.05) is 32.5 Å². The summed E-state index contributed by atoms with van der Waals surface area (Å²) < 4.78 is 0.922. The van der Waals surface area contributed by atoms with E-state index in [0.29, 0.717) is 0 Å². The van der Waals surface area contributed by atoms with E-state index in [1.165, 1.54) is 0 Å². The monoisotopic (exact) mass is 297 g/mol. The topological polar surface area (TPSA) is 36.4 Å². The predicted octanol–water partition coefficient (Wildman–Crippen LogP) is 1.90. The molecule has 4 nitrogen and oxygen atoms in total. The Morgan fingerprint density at radius 1 is 1.41 bits per heavy atom. The summed E-state index contributed by atoms with van der Waals surface area (Å²) in [4.78, 5) is 20.2. The van der Waals surface area contributed by atoms with Gasteiger partial charge in [0.25, 0.3) is 0 Å². The SMILES string of the molecule is CN1CCN(c2ccncc2Br)C(C)(C)C1=O. The summed E-state index contributed by atoms with van der Waals surface area (Å²) in [7, 11) is 1.85.